The minimum absolute atomic E-state index is 0.00902. The summed E-state index contributed by atoms with van der Waals surface area (Å²) in [6, 6.07) is 11.7. The van der Waals surface area contributed by atoms with Crippen molar-refractivity contribution >= 4 is 32.6 Å². The Morgan fingerprint density at radius 3 is 2.68 bits per heavy atom. The SMILES string of the molecule is CCC[C@@H](CNc1nc2ccccc2s1)N(C)C(=O)c1nc(C)ccc1-n1nccn1. The van der Waals surface area contributed by atoms with Gasteiger partial charge in [-0.25, -0.2) is 9.97 Å². The van der Waals surface area contributed by atoms with Crippen molar-refractivity contribution in [2.75, 3.05) is 18.9 Å². The van der Waals surface area contributed by atoms with E-state index >= 15 is 0 Å². The first-order chi connectivity index (χ1) is 15.1. The van der Waals surface area contributed by atoms with E-state index in [-0.39, 0.29) is 11.9 Å². The van der Waals surface area contributed by atoms with Crippen LogP contribution in [0.15, 0.2) is 48.8 Å². The molecule has 4 rings (SSSR count). The van der Waals surface area contributed by atoms with Gasteiger partial charge in [-0.1, -0.05) is 36.8 Å². The molecule has 31 heavy (non-hydrogen) atoms. The highest BCUT2D eigenvalue weighted by Crippen LogP contribution is 2.26. The number of carbonyl (C=O) groups is 1. The summed E-state index contributed by atoms with van der Waals surface area (Å²) in [7, 11) is 1.83. The van der Waals surface area contributed by atoms with Gasteiger partial charge in [0.2, 0.25) is 0 Å². The van der Waals surface area contributed by atoms with Crippen LogP contribution in [0.5, 0.6) is 0 Å². The highest BCUT2D eigenvalue weighted by molar-refractivity contribution is 7.22. The Morgan fingerprint density at radius 2 is 1.94 bits per heavy atom. The van der Waals surface area contributed by atoms with Crippen molar-refractivity contribution in [2.24, 2.45) is 0 Å². The van der Waals surface area contributed by atoms with Crippen molar-refractivity contribution in [2.45, 2.75) is 32.7 Å². The number of fused-ring (bicyclic) bond motifs is 1. The second kappa shape index (κ2) is 9.22. The number of thiazole rings is 1. The topological polar surface area (TPSA) is 88.8 Å². The molecule has 0 spiro atoms. The molecule has 0 unspecified atom stereocenters. The van der Waals surface area contributed by atoms with Crippen molar-refractivity contribution in [1.29, 1.82) is 0 Å². The number of amides is 1. The third kappa shape index (κ3) is 4.56. The van der Waals surface area contributed by atoms with Gasteiger partial charge in [-0.3, -0.25) is 4.79 Å². The monoisotopic (exact) mass is 435 g/mol. The normalized spacial score (nSPS) is 12.1. The van der Waals surface area contributed by atoms with Gasteiger partial charge in [-0.2, -0.15) is 10.2 Å². The summed E-state index contributed by atoms with van der Waals surface area (Å²) in [4.78, 5) is 25.8. The largest absolute Gasteiger partial charge is 0.359 e. The molecule has 160 valence electrons. The maximum atomic E-state index is 13.4. The van der Waals surface area contributed by atoms with E-state index in [9.17, 15) is 4.79 Å². The van der Waals surface area contributed by atoms with Gasteiger partial charge in [0.15, 0.2) is 10.8 Å². The summed E-state index contributed by atoms with van der Waals surface area (Å²) in [6.45, 7) is 4.60. The molecule has 4 aromatic rings. The Morgan fingerprint density at radius 1 is 1.16 bits per heavy atom. The number of anilines is 1. The third-order valence-electron chi connectivity index (χ3n) is 5.12. The fourth-order valence-corrected chi connectivity index (χ4v) is 4.33. The molecule has 0 saturated carbocycles. The van der Waals surface area contributed by atoms with Gasteiger partial charge in [-0.15, -0.1) is 4.80 Å². The van der Waals surface area contributed by atoms with Crippen molar-refractivity contribution in [3.05, 3.63) is 60.2 Å². The lowest BCUT2D eigenvalue weighted by Crippen LogP contribution is -2.42. The number of aryl methyl sites for hydroxylation is 1. The van der Waals surface area contributed by atoms with E-state index in [2.05, 4.69) is 38.5 Å². The van der Waals surface area contributed by atoms with E-state index in [4.69, 9.17) is 0 Å². The molecule has 1 amide bonds. The number of likely N-dealkylation sites (N-methyl/N-ethyl adjacent to an activating group) is 1. The average molecular weight is 436 g/mol. The molecule has 0 bridgehead atoms. The zero-order valence-electron chi connectivity index (χ0n) is 17.8. The number of aromatic nitrogens is 5. The molecule has 1 N–H and O–H groups in total. The number of nitrogens with one attached hydrogen (secondary N) is 1. The van der Waals surface area contributed by atoms with Crippen LogP contribution in [0.1, 0.15) is 35.9 Å². The van der Waals surface area contributed by atoms with E-state index in [1.165, 1.54) is 4.80 Å². The second-order valence-electron chi connectivity index (χ2n) is 7.37. The Labute approximate surface area is 184 Å². The van der Waals surface area contributed by atoms with Crippen molar-refractivity contribution in [3.8, 4) is 5.69 Å². The van der Waals surface area contributed by atoms with Crippen LogP contribution in [0.25, 0.3) is 15.9 Å². The van der Waals surface area contributed by atoms with Gasteiger partial charge in [-0.05, 0) is 37.6 Å². The lowest BCUT2D eigenvalue weighted by molar-refractivity contribution is 0.0725. The van der Waals surface area contributed by atoms with Crippen LogP contribution in [0, 0.1) is 6.92 Å². The Bertz CT molecular complexity index is 1140. The number of nitrogens with zero attached hydrogens (tertiary/aromatic N) is 6. The zero-order valence-corrected chi connectivity index (χ0v) is 18.6. The van der Waals surface area contributed by atoms with Crippen LogP contribution in [0.3, 0.4) is 0 Å². The second-order valence-corrected chi connectivity index (χ2v) is 8.40. The number of carbonyl (C=O) groups excluding carboxylic acids is 1. The lowest BCUT2D eigenvalue weighted by Gasteiger charge is -2.28. The highest BCUT2D eigenvalue weighted by atomic mass is 32.1. The summed E-state index contributed by atoms with van der Waals surface area (Å²) >= 11 is 1.62. The van der Waals surface area contributed by atoms with Crippen molar-refractivity contribution in [1.82, 2.24) is 29.9 Å². The molecule has 0 aliphatic rings. The number of benzene rings is 1. The van der Waals surface area contributed by atoms with Gasteiger partial charge in [0.05, 0.1) is 22.6 Å². The molecule has 0 aliphatic heterocycles. The summed E-state index contributed by atoms with van der Waals surface area (Å²) in [5.41, 5.74) is 2.67. The quantitative estimate of drug-likeness (QED) is 0.451. The highest BCUT2D eigenvalue weighted by Gasteiger charge is 2.25. The third-order valence-corrected chi connectivity index (χ3v) is 6.12. The predicted molar refractivity (Wildman–Crippen MR) is 123 cm³/mol. The fraction of sp³-hybridized carbons (Fsp3) is 0.318. The minimum Gasteiger partial charge on any atom is -0.359 e. The molecule has 1 atom stereocenters. The molecule has 0 saturated heterocycles. The number of hydrogen-bond donors (Lipinski definition) is 1. The van der Waals surface area contributed by atoms with E-state index in [1.54, 1.807) is 28.6 Å². The Balaban J connectivity index is 1.54. The smallest absolute Gasteiger partial charge is 0.274 e. The molecule has 0 aliphatic carbocycles. The standard InChI is InChI=1S/C22H25N7OS/c1-4-7-16(14-23-22-27-17-8-5-6-9-19(17)31-22)28(3)21(30)20-18(11-10-15(2)26-20)29-24-12-13-25-29/h5-6,8-13,16H,4,7,14H2,1-3H3,(H,23,27)/t16-/m0/s1. The first-order valence-electron chi connectivity index (χ1n) is 10.3. The Hall–Kier alpha value is -3.33. The Kier molecular flexibility index (Phi) is 6.22. The first-order valence-corrected chi connectivity index (χ1v) is 11.1. The van der Waals surface area contributed by atoms with Crippen LogP contribution >= 0.6 is 11.3 Å². The molecule has 0 fully saturated rings. The minimum atomic E-state index is -0.152. The molecule has 3 heterocycles. The zero-order chi connectivity index (χ0) is 21.8. The van der Waals surface area contributed by atoms with E-state index < -0.39 is 0 Å². The number of para-hydroxylation sites is 1. The predicted octanol–water partition coefficient (Wildman–Crippen LogP) is 3.93. The van der Waals surface area contributed by atoms with Crippen LogP contribution in [-0.4, -0.2) is 55.4 Å². The summed E-state index contributed by atoms with van der Waals surface area (Å²) in [6.07, 6.45) is 4.99. The van der Waals surface area contributed by atoms with Crippen LogP contribution < -0.4 is 5.32 Å². The van der Waals surface area contributed by atoms with Gasteiger partial charge in [0.25, 0.3) is 5.91 Å². The van der Waals surface area contributed by atoms with Gasteiger partial charge >= 0.3 is 0 Å². The van der Waals surface area contributed by atoms with Crippen molar-refractivity contribution < 1.29 is 4.79 Å². The van der Waals surface area contributed by atoms with Gasteiger partial charge < -0.3 is 10.2 Å². The van der Waals surface area contributed by atoms with E-state index in [0.29, 0.717) is 17.9 Å². The molecule has 0 radical (unpaired) electrons. The molecule has 1 aromatic carbocycles. The maximum Gasteiger partial charge on any atom is 0.274 e. The van der Waals surface area contributed by atoms with Crippen LogP contribution in [0.2, 0.25) is 0 Å². The maximum absolute atomic E-state index is 13.4. The lowest BCUT2D eigenvalue weighted by atomic mass is 10.1. The van der Waals surface area contributed by atoms with Gasteiger partial charge in [0.1, 0.15) is 5.69 Å². The molecule has 8 nitrogen and oxygen atoms in total. The summed E-state index contributed by atoms with van der Waals surface area (Å²) < 4.78 is 1.14. The summed E-state index contributed by atoms with van der Waals surface area (Å²) in [5, 5.41) is 12.6. The number of pyridine rings is 1. The van der Waals surface area contributed by atoms with Gasteiger partial charge in [0, 0.05) is 25.3 Å². The number of rotatable bonds is 8. The molecule has 3 aromatic heterocycles. The van der Waals surface area contributed by atoms with E-state index in [0.717, 1.165) is 33.9 Å². The molecular weight excluding hydrogens is 410 g/mol. The average Bonchev–Trinajstić information content (AvgIpc) is 3.45. The molecule has 9 heteroatoms. The van der Waals surface area contributed by atoms with Crippen LogP contribution in [-0.2, 0) is 0 Å². The van der Waals surface area contributed by atoms with Crippen molar-refractivity contribution in [3.63, 3.8) is 0 Å². The molecular formula is C22H25N7OS. The van der Waals surface area contributed by atoms with E-state index in [1.807, 2.05) is 44.3 Å². The summed E-state index contributed by atoms with van der Waals surface area (Å²) in [5.74, 6) is -0.152. The van der Waals surface area contributed by atoms with Crippen LogP contribution in [0.4, 0.5) is 5.13 Å². The number of hydrogen-bond acceptors (Lipinski definition) is 7. The fourth-order valence-electron chi connectivity index (χ4n) is 3.46. The first kappa shape index (κ1) is 20.9.